The first-order valence-electron chi connectivity index (χ1n) is 10.7. The number of carbonyl (C=O) groups is 1. The Morgan fingerprint density at radius 1 is 0.969 bits per heavy atom. The standard InChI is InChI=1S/C26H24N4O2/c1-32-23-14-8-11-20(17-23)25-27-24(28-30(25)22-12-6-3-7-13-22)26(31)29-16-15-21(18-29)19-9-4-2-5-10-19/h2-14,17,21H,15-16,18H2,1H3. The van der Waals surface area contributed by atoms with Gasteiger partial charge in [0, 0.05) is 24.6 Å². The first-order chi connectivity index (χ1) is 15.7. The van der Waals surface area contributed by atoms with Crippen molar-refractivity contribution >= 4 is 5.91 Å². The summed E-state index contributed by atoms with van der Waals surface area (Å²) < 4.78 is 7.11. The quantitative estimate of drug-likeness (QED) is 0.471. The zero-order valence-electron chi connectivity index (χ0n) is 17.9. The smallest absolute Gasteiger partial charge is 0.293 e. The number of rotatable bonds is 5. The number of likely N-dealkylation sites (tertiary alicyclic amines) is 1. The number of hydrogen-bond donors (Lipinski definition) is 0. The summed E-state index contributed by atoms with van der Waals surface area (Å²) in [5.74, 6) is 1.75. The number of hydrogen-bond acceptors (Lipinski definition) is 4. The van der Waals surface area contributed by atoms with Crippen LogP contribution in [0.1, 0.15) is 28.5 Å². The van der Waals surface area contributed by atoms with Gasteiger partial charge in [-0.1, -0.05) is 60.7 Å². The fraction of sp³-hybridized carbons (Fsp3) is 0.192. The lowest BCUT2D eigenvalue weighted by Crippen LogP contribution is -2.29. The molecule has 0 bridgehead atoms. The summed E-state index contributed by atoms with van der Waals surface area (Å²) in [4.78, 5) is 19.9. The molecule has 32 heavy (non-hydrogen) atoms. The van der Waals surface area contributed by atoms with E-state index >= 15 is 0 Å². The van der Waals surface area contributed by atoms with Crippen LogP contribution in [-0.2, 0) is 0 Å². The highest BCUT2D eigenvalue weighted by atomic mass is 16.5. The van der Waals surface area contributed by atoms with E-state index in [-0.39, 0.29) is 11.7 Å². The molecule has 0 N–H and O–H groups in total. The molecule has 6 nitrogen and oxygen atoms in total. The second-order valence-corrected chi connectivity index (χ2v) is 7.89. The summed E-state index contributed by atoms with van der Waals surface area (Å²) in [5, 5.41) is 4.63. The topological polar surface area (TPSA) is 60.2 Å². The highest BCUT2D eigenvalue weighted by molar-refractivity contribution is 5.91. The van der Waals surface area contributed by atoms with Crippen molar-refractivity contribution in [2.45, 2.75) is 12.3 Å². The molecule has 1 unspecified atom stereocenters. The van der Waals surface area contributed by atoms with Gasteiger partial charge in [-0.25, -0.2) is 9.67 Å². The Bertz CT molecular complexity index is 1220. The van der Waals surface area contributed by atoms with Crippen LogP contribution in [0.5, 0.6) is 5.75 Å². The van der Waals surface area contributed by atoms with Crippen LogP contribution in [0.15, 0.2) is 84.9 Å². The maximum absolute atomic E-state index is 13.3. The molecule has 0 radical (unpaired) electrons. The third-order valence-electron chi connectivity index (χ3n) is 5.87. The molecule has 1 saturated heterocycles. The van der Waals surface area contributed by atoms with Crippen LogP contribution >= 0.6 is 0 Å². The average Bonchev–Trinajstić information content (AvgIpc) is 3.53. The van der Waals surface area contributed by atoms with E-state index in [1.165, 1.54) is 5.56 Å². The number of nitrogens with zero attached hydrogens (tertiary/aromatic N) is 4. The zero-order chi connectivity index (χ0) is 21.9. The van der Waals surface area contributed by atoms with E-state index in [1.807, 2.05) is 77.7 Å². The Balaban J connectivity index is 1.48. The monoisotopic (exact) mass is 424 g/mol. The van der Waals surface area contributed by atoms with Gasteiger partial charge in [0.05, 0.1) is 12.8 Å². The predicted molar refractivity (Wildman–Crippen MR) is 123 cm³/mol. The van der Waals surface area contributed by atoms with Crippen LogP contribution < -0.4 is 4.74 Å². The SMILES string of the molecule is COc1cccc(-c2nc(C(=O)N3CCC(c4ccccc4)C3)nn2-c2ccccc2)c1. The van der Waals surface area contributed by atoms with Crippen LogP contribution in [0, 0.1) is 0 Å². The Morgan fingerprint density at radius 2 is 1.72 bits per heavy atom. The molecule has 1 amide bonds. The summed E-state index contributed by atoms with van der Waals surface area (Å²) in [7, 11) is 1.63. The van der Waals surface area contributed by atoms with Gasteiger partial charge in [-0.15, -0.1) is 5.10 Å². The molecule has 160 valence electrons. The van der Waals surface area contributed by atoms with Crippen molar-refractivity contribution in [3.63, 3.8) is 0 Å². The minimum atomic E-state index is -0.137. The number of carbonyl (C=O) groups excluding carboxylic acids is 1. The van der Waals surface area contributed by atoms with Gasteiger partial charge in [0.2, 0.25) is 5.82 Å². The van der Waals surface area contributed by atoms with Crippen molar-refractivity contribution < 1.29 is 9.53 Å². The van der Waals surface area contributed by atoms with Crippen LogP contribution in [0.3, 0.4) is 0 Å². The molecule has 4 aromatic rings. The lowest BCUT2D eigenvalue weighted by molar-refractivity contribution is 0.0779. The molecule has 0 spiro atoms. The lowest BCUT2D eigenvalue weighted by Gasteiger charge is -2.14. The number of methoxy groups -OCH3 is 1. The minimum absolute atomic E-state index is 0.137. The number of ether oxygens (including phenoxy) is 1. The number of aromatic nitrogens is 3. The third-order valence-corrected chi connectivity index (χ3v) is 5.87. The number of para-hydroxylation sites is 1. The summed E-state index contributed by atoms with van der Waals surface area (Å²) in [5.41, 5.74) is 2.95. The van der Waals surface area contributed by atoms with Gasteiger partial charge in [0.25, 0.3) is 5.91 Å². The Kier molecular flexibility index (Phi) is 5.42. The van der Waals surface area contributed by atoms with E-state index in [2.05, 4.69) is 22.2 Å². The van der Waals surface area contributed by atoms with E-state index in [0.717, 1.165) is 23.4 Å². The average molecular weight is 425 g/mol. The van der Waals surface area contributed by atoms with Gasteiger partial charge in [0.15, 0.2) is 5.82 Å². The van der Waals surface area contributed by atoms with Gasteiger partial charge >= 0.3 is 0 Å². The molecule has 1 fully saturated rings. The van der Waals surface area contributed by atoms with Gasteiger partial charge in [0.1, 0.15) is 5.75 Å². The third kappa shape index (κ3) is 3.87. The second kappa shape index (κ2) is 8.67. The second-order valence-electron chi connectivity index (χ2n) is 7.89. The Morgan fingerprint density at radius 3 is 2.47 bits per heavy atom. The highest BCUT2D eigenvalue weighted by Gasteiger charge is 2.30. The molecule has 6 heteroatoms. The summed E-state index contributed by atoms with van der Waals surface area (Å²) in [6, 6.07) is 27.7. The molecule has 1 atom stereocenters. The largest absolute Gasteiger partial charge is 0.497 e. The fourth-order valence-electron chi connectivity index (χ4n) is 4.18. The van der Waals surface area contributed by atoms with Crippen LogP contribution in [0.2, 0.25) is 0 Å². The van der Waals surface area contributed by atoms with Gasteiger partial charge in [-0.2, -0.15) is 0 Å². The van der Waals surface area contributed by atoms with Crippen molar-refractivity contribution in [3.05, 3.63) is 96.3 Å². The van der Waals surface area contributed by atoms with Crippen molar-refractivity contribution in [1.82, 2.24) is 19.7 Å². The predicted octanol–water partition coefficient (Wildman–Crippen LogP) is 4.57. The van der Waals surface area contributed by atoms with Crippen molar-refractivity contribution in [2.75, 3.05) is 20.2 Å². The molecule has 1 aromatic heterocycles. The first kappa shape index (κ1) is 20.0. The van der Waals surface area contributed by atoms with Crippen LogP contribution in [0.4, 0.5) is 0 Å². The lowest BCUT2D eigenvalue weighted by atomic mass is 9.99. The molecule has 3 aromatic carbocycles. The fourth-order valence-corrected chi connectivity index (χ4v) is 4.18. The van der Waals surface area contributed by atoms with Gasteiger partial charge < -0.3 is 9.64 Å². The molecule has 1 aliphatic heterocycles. The molecule has 2 heterocycles. The maximum Gasteiger partial charge on any atom is 0.293 e. The molecule has 0 saturated carbocycles. The summed E-state index contributed by atoms with van der Waals surface area (Å²) in [6.07, 6.45) is 0.942. The normalized spacial score (nSPS) is 15.7. The van der Waals surface area contributed by atoms with Crippen molar-refractivity contribution in [2.24, 2.45) is 0 Å². The van der Waals surface area contributed by atoms with Gasteiger partial charge in [-0.3, -0.25) is 4.79 Å². The Hall–Kier alpha value is -3.93. The minimum Gasteiger partial charge on any atom is -0.497 e. The molecule has 0 aliphatic carbocycles. The van der Waals surface area contributed by atoms with E-state index in [0.29, 0.717) is 24.8 Å². The van der Waals surface area contributed by atoms with E-state index in [1.54, 1.807) is 11.8 Å². The first-order valence-corrected chi connectivity index (χ1v) is 10.7. The van der Waals surface area contributed by atoms with Crippen molar-refractivity contribution in [3.8, 4) is 22.8 Å². The zero-order valence-corrected chi connectivity index (χ0v) is 17.9. The molecule has 1 aliphatic rings. The van der Waals surface area contributed by atoms with E-state index < -0.39 is 0 Å². The number of amides is 1. The van der Waals surface area contributed by atoms with E-state index in [4.69, 9.17) is 4.74 Å². The van der Waals surface area contributed by atoms with Gasteiger partial charge in [-0.05, 0) is 36.2 Å². The number of benzene rings is 3. The molecule has 5 rings (SSSR count). The Labute approximate surface area is 187 Å². The summed E-state index contributed by atoms with van der Waals surface area (Å²) in [6.45, 7) is 1.38. The van der Waals surface area contributed by atoms with Crippen LogP contribution in [-0.4, -0.2) is 45.8 Å². The van der Waals surface area contributed by atoms with E-state index in [9.17, 15) is 4.79 Å². The highest BCUT2D eigenvalue weighted by Crippen LogP contribution is 2.29. The molecular weight excluding hydrogens is 400 g/mol. The van der Waals surface area contributed by atoms with Crippen LogP contribution in [0.25, 0.3) is 17.1 Å². The van der Waals surface area contributed by atoms with Crippen molar-refractivity contribution in [1.29, 1.82) is 0 Å². The summed E-state index contributed by atoms with van der Waals surface area (Å²) >= 11 is 0. The molecular formula is C26H24N4O2. The maximum atomic E-state index is 13.3.